The minimum atomic E-state index is 0.176. The van der Waals surface area contributed by atoms with Crippen molar-refractivity contribution in [1.29, 1.82) is 0 Å². The maximum Gasteiger partial charge on any atom is 0.168 e. The number of aliphatic hydroxyl groups excluding tert-OH is 1. The second kappa shape index (κ2) is 4.40. The van der Waals surface area contributed by atoms with Crippen LogP contribution in [-0.4, -0.2) is 35.6 Å². The van der Waals surface area contributed by atoms with Gasteiger partial charge in [0.2, 0.25) is 0 Å². The summed E-state index contributed by atoms with van der Waals surface area (Å²) < 4.78 is 0. The van der Waals surface area contributed by atoms with E-state index in [0.717, 1.165) is 31.4 Å². The number of hydrogen-bond acceptors (Lipinski definition) is 4. The van der Waals surface area contributed by atoms with E-state index in [0.29, 0.717) is 5.69 Å². The van der Waals surface area contributed by atoms with Gasteiger partial charge in [-0.2, -0.15) is 0 Å². The summed E-state index contributed by atoms with van der Waals surface area (Å²) in [5, 5.41) is 9.18. The van der Waals surface area contributed by atoms with Gasteiger partial charge in [-0.1, -0.05) is 0 Å². The Morgan fingerprint density at radius 3 is 3.07 bits per heavy atom. The molecule has 0 saturated carbocycles. The molecular formula is C11H14N2O2. The predicted octanol–water partition coefficient (Wildman–Crippen LogP) is 0.855. The molecule has 0 aromatic carbocycles. The van der Waals surface area contributed by atoms with Gasteiger partial charge in [0, 0.05) is 6.54 Å². The zero-order valence-electron chi connectivity index (χ0n) is 8.47. The molecule has 0 unspecified atom stereocenters. The monoisotopic (exact) mass is 206 g/mol. The summed E-state index contributed by atoms with van der Waals surface area (Å²) in [5.74, 6) is 0. The highest BCUT2D eigenvalue weighted by Crippen LogP contribution is 2.24. The van der Waals surface area contributed by atoms with E-state index in [9.17, 15) is 9.90 Å². The number of aliphatic hydroxyl groups is 1. The van der Waals surface area contributed by atoms with Crippen LogP contribution in [0.5, 0.6) is 0 Å². The summed E-state index contributed by atoms with van der Waals surface area (Å²) in [6, 6.07) is 3.79. The number of pyridine rings is 1. The van der Waals surface area contributed by atoms with Crippen LogP contribution < -0.4 is 4.90 Å². The Hall–Kier alpha value is -1.42. The highest BCUT2D eigenvalue weighted by molar-refractivity contribution is 5.72. The van der Waals surface area contributed by atoms with Crippen molar-refractivity contribution < 1.29 is 9.90 Å². The lowest BCUT2D eigenvalue weighted by atomic mass is 10.2. The standard InChI is InChI=1S/C11H14N2O2/c14-7-9-3-4-10(6-12-9)13-5-1-2-11(13)8-15/h3-4,6-7,11,15H,1-2,5,8H2/t11-/m0/s1. The lowest BCUT2D eigenvalue weighted by Gasteiger charge is -2.24. The van der Waals surface area contributed by atoms with Crippen molar-refractivity contribution in [1.82, 2.24) is 4.98 Å². The average molecular weight is 206 g/mol. The molecule has 1 aromatic heterocycles. The summed E-state index contributed by atoms with van der Waals surface area (Å²) in [6.07, 6.45) is 4.54. The van der Waals surface area contributed by atoms with E-state index in [2.05, 4.69) is 9.88 Å². The molecule has 2 rings (SSSR count). The van der Waals surface area contributed by atoms with Crippen LogP contribution in [0.2, 0.25) is 0 Å². The molecule has 4 heteroatoms. The molecule has 1 aliphatic heterocycles. The third-order valence-corrected chi connectivity index (χ3v) is 2.81. The average Bonchev–Trinajstić information content (AvgIpc) is 2.77. The fourth-order valence-corrected chi connectivity index (χ4v) is 2.00. The summed E-state index contributed by atoms with van der Waals surface area (Å²) in [6.45, 7) is 1.13. The third-order valence-electron chi connectivity index (χ3n) is 2.81. The molecule has 0 radical (unpaired) electrons. The number of aldehydes is 1. The Bertz CT molecular complexity index is 337. The van der Waals surface area contributed by atoms with Gasteiger partial charge >= 0.3 is 0 Å². The second-order valence-corrected chi connectivity index (χ2v) is 3.73. The van der Waals surface area contributed by atoms with Crippen LogP contribution in [0.4, 0.5) is 5.69 Å². The van der Waals surface area contributed by atoms with Crippen molar-refractivity contribution in [3.05, 3.63) is 24.0 Å². The smallest absolute Gasteiger partial charge is 0.168 e. The lowest BCUT2D eigenvalue weighted by molar-refractivity contribution is 0.111. The Morgan fingerprint density at radius 1 is 1.60 bits per heavy atom. The zero-order valence-corrected chi connectivity index (χ0v) is 8.47. The van der Waals surface area contributed by atoms with E-state index >= 15 is 0 Å². The van der Waals surface area contributed by atoms with Gasteiger partial charge < -0.3 is 10.0 Å². The minimum Gasteiger partial charge on any atom is -0.394 e. The number of anilines is 1. The topological polar surface area (TPSA) is 53.4 Å². The normalized spacial score (nSPS) is 20.6. The molecule has 1 saturated heterocycles. The van der Waals surface area contributed by atoms with E-state index in [1.807, 2.05) is 6.07 Å². The van der Waals surface area contributed by atoms with Crippen molar-refractivity contribution in [2.24, 2.45) is 0 Å². The lowest BCUT2D eigenvalue weighted by Crippen LogP contribution is -2.32. The van der Waals surface area contributed by atoms with Gasteiger partial charge in [0.1, 0.15) is 5.69 Å². The quantitative estimate of drug-likeness (QED) is 0.745. The molecule has 2 heterocycles. The van der Waals surface area contributed by atoms with Gasteiger partial charge in [0.05, 0.1) is 24.5 Å². The van der Waals surface area contributed by atoms with E-state index in [-0.39, 0.29) is 12.6 Å². The first-order chi connectivity index (χ1) is 7.35. The van der Waals surface area contributed by atoms with Gasteiger partial charge in [-0.3, -0.25) is 9.78 Å². The Labute approximate surface area is 88.6 Å². The van der Waals surface area contributed by atoms with E-state index in [1.54, 1.807) is 12.3 Å². The fourth-order valence-electron chi connectivity index (χ4n) is 2.00. The summed E-state index contributed by atoms with van der Waals surface area (Å²) in [5.41, 5.74) is 1.43. The van der Waals surface area contributed by atoms with Gasteiger partial charge in [0.25, 0.3) is 0 Å². The fraction of sp³-hybridized carbons (Fsp3) is 0.455. The summed E-state index contributed by atoms with van der Waals surface area (Å²) in [4.78, 5) is 16.6. The van der Waals surface area contributed by atoms with Crippen molar-refractivity contribution in [3.63, 3.8) is 0 Å². The minimum absolute atomic E-state index is 0.176. The molecule has 0 bridgehead atoms. The number of carbonyl (C=O) groups is 1. The second-order valence-electron chi connectivity index (χ2n) is 3.73. The largest absolute Gasteiger partial charge is 0.394 e. The Morgan fingerprint density at radius 2 is 2.47 bits per heavy atom. The van der Waals surface area contributed by atoms with Crippen LogP contribution >= 0.6 is 0 Å². The maximum atomic E-state index is 10.4. The summed E-state index contributed by atoms with van der Waals surface area (Å²) in [7, 11) is 0. The van der Waals surface area contributed by atoms with Gasteiger partial charge in [-0.05, 0) is 25.0 Å². The van der Waals surface area contributed by atoms with Crippen molar-refractivity contribution in [3.8, 4) is 0 Å². The first kappa shape index (κ1) is 10.1. The highest BCUT2D eigenvalue weighted by atomic mass is 16.3. The highest BCUT2D eigenvalue weighted by Gasteiger charge is 2.23. The zero-order chi connectivity index (χ0) is 10.7. The predicted molar refractivity (Wildman–Crippen MR) is 57.1 cm³/mol. The molecule has 1 aliphatic rings. The molecule has 1 atom stereocenters. The molecule has 1 fully saturated rings. The first-order valence-corrected chi connectivity index (χ1v) is 5.14. The van der Waals surface area contributed by atoms with Crippen LogP contribution in [0.25, 0.3) is 0 Å². The van der Waals surface area contributed by atoms with Gasteiger partial charge in [-0.25, -0.2) is 0 Å². The van der Waals surface area contributed by atoms with E-state index in [1.165, 1.54) is 0 Å². The molecule has 1 N–H and O–H groups in total. The van der Waals surface area contributed by atoms with Crippen LogP contribution in [0.15, 0.2) is 18.3 Å². The van der Waals surface area contributed by atoms with Gasteiger partial charge in [0.15, 0.2) is 6.29 Å². The van der Waals surface area contributed by atoms with Crippen molar-refractivity contribution in [2.45, 2.75) is 18.9 Å². The number of aromatic nitrogens is 1. The first-order valence-electron chi connectivity index (χ1n) is 5.14. The van der Waals surface area contributed by atoms with Gasteiger partial charge in [-0.15, -0.1) is 0 Å². The third kappa shape index (κ3) is 1.99. The molecule has 4 nitrogen and oxygen atoms in total. The molecule has 0 spiro atoms. The van der Waals surface area contributed by atoms with Crippen LogP contribution in [0, 0.1) is 0 Å². The molecule has 15 heavy (non-hydrogen) atoms. The number of rotatable bonds is 3. The molecule has 1 aromatic rings. The molecule has 80 valence electrons. The number of carbonyl (C=O) groups excluding carboxylic acids is 1. The number of hydrogen-bond donors (Lipinski definition) is 1. The molecule has 0 amide bonds. The molecule has 0 aliphatic carbocycles. The Balaban J connectivity index is 2.17. The van der Waals surface area contributed by atoms with Crippen LogP contribution in [0.3, 0.4) is 0 Å². The van der Waals surface area contributed by atoms with Crippen LogP contribution in [-0.2, 0) is 0 Å². The summed E-state index contributed by atoms with van der Waals surface area (Å²) >= 11 is 0. The SMILES string of the molecule is O=Cc1ccc(N2CCC[C@H]2CO)cn1. The van der Waals surface area contributed by atoms with Crippen LogP contribution in [0.1, 0.15) is 23.3 Å². The maximum absolute atomic E-state index is 10.4. The van der Waals surface area contributed by atoms with E-state index in [4.69, 9.17) is 0 Å². The van der Waals surface area contributed by atoms with Crippen molar-refractivity contribution in [2.75, 3.05) is 18.1 Å². The Kier molecular flexibility index (Phi) is 2.97. The van der Waals surface area contributed by atoms with E-state index < -0.39 is 0 Å². The van der Waals surface area contributed by atoms with Crippen molar-refractivity contribution >= 4 is 12.0 Å². The molecular weight excluding hydrogens is 192 g/mol. The number of nitrogens with zero attached hydrogens (tertiary/aromatic N) is 2.